The van der Waals surface area contributed by atoms with Crippen molar-refractivity contribution < 1.29 is 32.3 Å². The van der Waals surface area contributed by atoms with Crippen molar-refractivity contribution in [3.05, 3.63) is 42.2 Å². The van der Waals surface area contributed by atoms with Crippen molar-refractivity contribution in [2.75, 3.05) is 0 Å². The molecular weight excluding hydrogens is 343 g/mol. The lowest BCUT2D eigenvalue weighted by molar-refractivity contribution is -0.816. The van der Waals surface area contributed by atoms with Gasteiger partial charge in [-0.05, 0) is 41.1 Å². The van der Waals surface area contributed by atoms with E-state index in [4.69, 9.17) is 4.42 Å². The zero-order valence-corrected chi connectivity index (χ0v) is 14.1. The van der Waals surface area contributed by atoms with Crippen molar-refractivity contribution in [2.45, 2.75) is 42.7 Å². The van der Waals surface area contributed by atoms with Crippen LogP contribution in [0.4, 0.5) is 13.2 Å². The van der Waals surface area contributed by atoms with Crippen LogP contribution in [-0.4, -0.2) is 28.1 Å². The molecule has 0 aliphatic rings. The summed E-state index contributed by atoms with van der Waals surface area (Å²) < 4.78 is 46.7. The second kappa shape index (κ2) is 6.80. The van der Waals surface area contributed by atoms with Gasteiger partial charge in [0.25, 0.3) is 6.21 Å². The van der Waals surface area contributed by atoms with Gasteiger partial charge in [-0.1, -0.05) is 11.8 Å². The van der Waals surface area contributed by atoms with E-state index in [2.05, 4.69) is 4.74 Å². The average Bonchev–Trinajstić information content (AvgIpc) is 2.85. The van der Waals surface area contributed by atoms with Gasteiger partial charge in [0.15, 0.2) is 10.9 Å². The number of nitrogens with zero attached hydrogens (tertiary/aromatic N) is 1. The first-order chi connectivity index (χ1) is 11.0. The fourth-order valence-electron chi connectivity index (χ4n) is 1.60. The standard InChI is InChI=1S/C16H17F3NO3S/c1-15(2,3)20(21)10-12-6-9-14(22-12)24-13-7-4-11(5-8-13)23-16(17,18)19/h4-10,21H,1-3H3/q+1/b20-10-. The summed E-state index contributed by atoms with van der Waals surface area (Å²) in [6.07, 6.45) is -3.24. The molecule has 0 fully saturated rings. The lowest BCUT2D eigenvalue weighted by atomic mass is 10.1. The molecule has 4 nitrogen and oxygen atoms in total. The topological polar surface area (TPSA) is 45.6 Å². The largest absolute Gasteiger partial charge is 0.573 e. The van der Waals surface area contributed by atoms with Gasteiger partial charge >= 0.3 is 6.36 Å². The molecule has 1 aromatic carbocycles. The van der Waals surface area contributed by atoms with Gasteiger partial charge in [-0.3, -0.25) is 5.21 Å². The first-order valence-electron chi connectivity index (χ1n) is 6.99. The summed E-state index contributed by atoms with van der Waals surface area (Å²) in [5, 5.41) is 10.4. The minimum absolute atomic E-state index is 0.276. The van der Waals surface area contributed by atoms with Crippen LogP contribution < -0.4 is 4.74 Å². The Hall–Kier alpha value is -2.09. The molecule has 0 saturated carbocycles. The molecule has 0 atom stereocenters. The highest BCUT2D eigenvalue weighted by molar-refractivity contribution is 7.99. The van der Waals surface area contributed by atoms with Crippen LogP contribution in [0.3, 0.4) is 0 Å². The van der Waals surface area contributed by atoms with E-state index in [1.165, 1.54) is 42.2 Å². The Kier molecular flexibility index (Phi) is 5.17. The molecule has 0 aliphatic carbocycles. The van der Waals surface area contributed by atoms with Crippen LogP contribution >= 0.6 is 11.8 Å². The summed E-state index contributed by atoms with van der Waals surface area (Å²) in [6.45, 7) is 5.52. The van der Waals surface area contributed by atoms with Gasteiger partial charge in [-0.2, -0.15) is 0 Å². The third-order valence-electron chi connectivity index (χ3n) is 2.81. The highest BCUT2D eigenvalue weighted by Gasteiger charge is 2.31. The molecule has 0 bridgehead atoms. The van der Waals surface area contributed by atoms with E-state index in [9.17, 15) is 18.4 Å². The van der Waals surface area contributed by atoms with Crippen molar-refractivity contribution in [1.82, 2.24) is 0 Å². The highest BCUT2D eigenvalue weighted by atomic mass is 32.2. The maximum Gasteiger partial charge on any atom is 0.573 e. The van der Waals surface area contributed by atoms with Crippen molar-refractivity contribution in [3.8, 4) is 5.75 Å². The second-order valence-corrected chi connectivity index (χ2v) is 7.00. The molecule has 1 aromatic heterocycles. The van der Waals surface area contributed by atoms with Gasteiger partial charge in [0.1, 0.15) is 5.75 Å². The summed E-state index contributed by atoms with van der Waals surface area (Å²) in [6, 6.07) is 8.89. The molecule has 1 heterocycles. The predicted molar refractivity (Wildman–Crippen MR) is 82.9 cm³/mol. The Labute approximate surface area is 141 Å². The normalized spacial score (nSPS) is 13.2. The van der Waals surface area contributed by atoms with E-state index in [0.29, 0.717) is 15.7 Å². The molecule has 1 N–H and O–H groups in total. The van der Waals surface area contributed by atoms with Crippen LogP contribution in [0.1, 0.15) is 26.5 Å². The monoisotopic (exact) mass is 360 g/mol. The number of hydrogen-bond donors (Lipinski definition) is 1. The molecule has 2 aromatic rings. The van der Waals surface area contributed by atoms with Crippen molar-refractivity contribution in [2.24, 2.45) is 0 Å². The number of hydroxylamine groups is 1. The fourth-order valence-corrected chi connectivity index (χ4v) is 2.38. The maximum atomic E-state index is 12.1. The zero-order chi connectivity index (χ0) is 18.0. The van der Waals surface area contributed by atoms with Crippen molar-refractivity contribution in [1.29, 1.82) is 0 Å². The predicted octanol–water partition coefficient (Wildman–Crippen LogP) is 4.95. The Bertz CT molecular complexity index is 715. The lowest BCUT2D eigenvalue weighted by Gasteiger charge is -2.08. The number of rotatable bonds is 4. The fraction of sp³-hybridized carbons (Fsp3) is 0.312. The number of furan rings is 1. The van der Waals surface area contributed by atoms with E-state index in [-0.39, 0.29) is 5.75 Å². The minimum Gasteiger partial charge on any atom is -0.444 e. The third-order valence-corrected chi connectivity index (χ3v) is 3.74. The Morgan fingerprint density at radius 2 is 1.71 bits per heavy atom. The first kappa shape index (κ1) is 18.3. The van der Waals surface area contributed by atoms with E-state index in [1.807, 2.05) is 20.8 Å². The van der Waals surface area contributed by atoms with Gasteiger partial charge in [0.2, 0.25) is 5.54 Å². The van der Waals surface area contributed by atoms with Crippen molar-refractivity contribution in [3.63, 3.8) is 0 Å². The maximum absolute atomic E-state index is 12.1. The lowest BCUT2D eigenvalue weighted by Crippen LogP contribution is -2.31. The summed E-state index contributed by atoms with van der Waals surface area (Å²) in [7, 11) is 0. The summed E-state index contributed by atoms with van der Waals surface area (Å²) >= 11 is 1.25. The summed E-state index contributed by atoms with van der Waals surface area (Å²) in [5.74, 6) is 0.188. The molecule has 24 heavy (non-hydrogen) atoms. The number of halogens is 3. The van der Waals surface area contributed by atoms with Gasteiger partial charge in [-0.25, -0.2) is 0 Å². The molecule has 0 aliphatic heterocycles. The van der Waals surface area contributed by atoms with E-state index < -0.39 is 11.9 Å². The Balaban J connectivity index is 2.05. The van der Waals surface area contributed by atoms with Gasteiger partial charge < -0.3 is 9.15 Å². The van der Waals surface area contributed by atoms with Gasteiger partial charge in [0, 0.05) is 25.7 Å². The van der Waals surface area contributed by atoms with Crippen LogP contribution in [0, 0.1) is 0 Å². The summed E-state index contributed by atoms with van der Waals surface area (Å²) in [4.78, 5) is 0.696. The molecule has 0 spiro atoms. The van der Waals surface area contributed by atoms with E-state index in [1.54, 1.807) is 12.1 Å². The van der Waals surface area contributed by atoms with Crippen LogP contribution in [0.15, 0.2) is 50.8 Å². The molecule has 0 unspecified atom stereocenters. The third kappa shape index (κ3) is 5.52. The molecule has 130 valence electrons. The first-order valence-corrected chi connectivity index (χ1v) is 7.81. The van der Waals surface area contributed by atoms with Crippen LogP contribution in [0.25, 0.3) is 0 Å². The Morgan fingerprint density at radius 1 is 1.08 bits per heavy atom. The molecule has 8 heteroatoms. The molecule has 0 saturated heterocycles. The Morgan fingerprint density at radius 3 is 2.25 bits per heavy atom. The van der Waals surface area contributed by atoms with Gasteiger partial charge in [-0.15, -0.1) is 13.2 Å². The zero-order valence-electron chi connectivity index (χ0n) is 13.3. The molecule has 0 amide bonds. The average molecular weight is 360 g/mol. The van der Waals surface area contributed by atoms with E-state index >= 15 is 0 Å². The second-order valence-electron chi connectivity index (χ2n) is 5.92. The molecule has 0 radical (unpaired) electrons. The highest BCUT2D eigenvalue weighted by Crippen LogP contribution is 2.31. The number of ether oxygens (including phenoxy) is 1. The van der Waals surface area contributed by atoms with Crippen LogP contribution in [0.5, 0.6) is 5.75 Å². The van der Waals surface area contributed by atoms with Gasteiger partial charge in [0.05, 0.1) is 0 Å². The molecule has 2 rings (SSSR count). The number of benzene rings is 1. The quantitative estimate of drug-likeness (QED) is 0.363. The van der Waals surface area contributed by atoms with E-state index in [0.717, 1.165) is 4.74 Å². The number of alkyl halides is 3. The summed E-state index contributed by atoms with van der Waals surface area (Å²) in [5.41, 5.74) is -0.464. The van der Waals surface area contributed by atoms with Crippen LogP contribution in [0.2, 0.25) is 0 Å². The van der Waals surface area contributed by atoms with Crippen molar-refractivity contribution >= 4 is 18.0 Å². The minimum atomic E-state index is -4.70. The SMILES string of the molecule is CC(C)(C)/[N+](O)=C/c1ccc(Sc2ccc(OC(F)(F)F)cc2)o1. The van der Waals surface area contributed by atoms with Crippen LogP contribution in [-0.2, 0) is 0 Å². The number of hydrogen-bond acceptors (Lipinski definition) is 4. The smallest absolute Gasteiger partial charge is 0.444 e. The molecular formula is C16H17F3NO3S+.